The highest BCUT2D eigenvalue weighted by molar-refractivity contribution is 7.89. The van der Waals surface area contributed by atoms with Gasteiger partial charge in [0.2, 0.25) is 21.8 Å². The number of carbonyl (C=O) groups excluding carboxylic acids is 2. The molecule has 0 spiro atoms. The van der Waals surface area contributed by atoms with Crippen LogP contribution in [0.25, 0.3) is 11.0 Å². The highest BCUT2D eigenvalue weighted by Gasteiger charge is 2.19. The lowest BCUT2D eigenvalue weighted by molar-refractivity contribution is -0.122. The standard InChI is InChI=1S/C23H29N5O4S/c1-27(2)33(31,32)18-9-10-20-19(16-18)26-21(28(20)3)11-12-22(29)24-13-14-25-23(30)15-17-7-5-4-6-8-17/h4-10,16H,11-15H2,1-3H3,(H,24,29)(H,25,30). The minimum absolute atomic E-state index is 0.0919. The Kier molecular flexibility index (Phi) is 7.83. The number of aromatic nitrogens is 2. The quantitative estimate of drug-likeness (QED) is 0.432. The molecule has 2 N–H and O–H groups in total. The minimum atomic E-state index is -3.54. The zero-order chi connectivity index (χ0) is 24.0. The first kappa shape index (κ1) is 24.4. The molecule has 2 amide bonds. The molecule has 0 unspecified atom stereocenters. The molecule has 3 aromatic rings. The molecule has 3 rings (SSSR count). The van der Waals surface area contributed by atoms with Gasteiger partial charge in [-0.05, 0) is 23.8 Å². The average molecular weight is 472 g/mol. The van der Waals surface area contributed by atoms with E-state index in [0.717, 1.165) is 15.4 Å². The average Bonchev–Trinajstić information content (AvgIpc) is 3.10. The zero-order valence-electron chi connectivity index (χ0n) is 19.0. The summed E-state index contributed by atoms with van der Waals surface area (Å²) in [5.41, 5.74) is 2.30. The Bertz CT molecular complexity index is 1240. The van der Waals surface area contributed by atoms with Crippen LogP contribution in [0.5, 0.6) is 0 Å². The van der Waals surface area contributed by atoms with E-state index in [1.165, 1.54) is 14.1 Å². The fraction of sp³-hybridized carbons (Fsp3) is 0.348. The second-order valence-corrected chi connectivity index (χ2v) is 10.0. The number of rotatable bonds is 10. The van der Waals surface area contributed by atoms with Crippen molar-refractivity contribution in [1.82, 2.24) is 24.5 Å². The molecule has 0 saturated carbocycles. The van der Waals surface area contributed by atoms with Crippen LogP contribution >= 0.6 is 0 Å². The number of benzene rings is 2. The van der Waals surface area contributed by atoms with E-state index in [4.69, 9.17) is 0 Å². The number of nitrogens with zero attached hydrogens (tertiary/aromatic N) is 3. The molecule has 1 heterocycles. The lowest BCUT2D eigenvalue weighted by atomic mass is 10.1. The molecule has 9 nitrogen and oxygen atoms in total. The van der Waals surface area contributed by atoms with Crippen molar-refractivity contribution in [3.63, 3.8) is 0 Å². The molecule has 10 heteroatoms. The van der Waals surface area contributed by atoms with Crippen molar-refractivity contribution in [1.29, 1.82) is 0 Å². The molecule has 33 heavy (non-hydrogen) atoms. The lowest BCUT2D eigenvalue weighted by Crippen LogP contribution is -2.35. The molecule has 0 saturated heterocycles. The predicted octanol–water partition coefficient (Wildman–Crippen LogP) is 1.23. The Morgan fingerprint density at radius 1 is 1.00 bits per heavy atom. The van der Waals surface area contributed by atoms with Crippen molar-refractivity contribution in [2.24, 2.45) is 7.05 Å². The summed E-state index contributed by atoms with van der Waals surface area (Å²) in [6, 6.07) is 14.3. The molecule has 0 aliphatic carbocycles. The van der Waals surface area contributed by atoms with Crippen LogP contribution in [-0.2, 0) is 39.5 Å². The Labute approximate surface area is 193 Å². The van der Waals surface area contributed by atoms with E-state index in [9.17, 15) is 18.0 Å². The van der Waals surface area contributed by atoms with Crippen LogP contribution in [0.3, 0.4) is 0 Å². The molecule has 0 bridgehead atoms. The second-order valence-electron chi connectivity index (χ2n) is 7.89. The number of amides is 2. The van der Waals surface area contributed by atoms with E-state index in [-0.39, 0.29) is 23.1 Å². The maximum absolute atomic E-state index is 12.4. The molecule has 0 radical (unpaired) electrons. The third-order valence-corrected chi connectivity index (χ3v) is 7.09. The summed E-state index contributed by atoms with van der Waals surface area (Å²) < 4.78 is 27.7. The van der Waals surface area contributed by atoms with Gasteiger partial charge in [0.05, 0.1) is 22.3 Å². The van der Waals surface area contributed by atoms with Crippen LogP contribution in [0.15, 0.2) is 53.4 Å². The fourth-order valence-corrected chi connectivity index (χ4v) is 4.31. The Hall–Kier alpha value is -3.24. The number of carbonyl (C=O) groups is 2. The zero-order valence-corrected chi connectivity index (χ0v) is 19.9. The van der Waals surface area contributed by atoms with Gasteiger partial charge in [0.1, 0.15) is 5.82 Å². The summed E-state index contributed by atoms with van der Waals surface area (Å²) in [6.07, 6.45) is 0.949. The molecule has 0 atom stereocenters. The third kappa shape index (κ3) is 6.17. The summed E-state index contributed by atoms with van der Waals surface area (Å²) in [5.74, 6) is 0.455. The summed E-state index contributed by atoms with van der Waals surface area (Å²) in [6.45, 7) is 0.695. The normalized spacial score (nSPS) is 11.6. The van der Waals surface area contributed by atoms with Crippen molar-refractivity contribution >= 4 is 32.9 Å². The number of imidazole rings is 1. The van der Waals surface area contributed by atoms with Crippen molar-refractivity contribution in [2.45, 2.75) is 24.2 Å². The molecule has 1 aromatic heterocycles. The molecule has 0 aliphatic rings. The smallest absolute Gasteiger partial charge is 0.242 e. The number of nitrogens with one attached hydrogen (secondary N) is 2. The van der Waals surface area contributed by atoms with Crippen molar-refractivity contribution in [2.75, 3.05) is 27.2 Å². The van der Waals surface area contributed by atoms with Crippen LogP contribution in [0.2, 0.25) is 0 Å². The van der Waals surface area contributed by atoms with Gasteiger partial charge in [-0.3, -0.25) is 9.59 Å². The Morgan fingerprint density at radius 2 is 1.67 bits per heavy atom. The topological polar surface area (TPSA) is 113 Å². The number of fused-ring (bicyclic) bond motifs is 1. The van der Waals surface area contributed by atoms with E-state index in [1.54, 1.807) is 18.2 Å². The van der Waals surface area contributed by atoms with E-state index < -0.39 is 10.0 Å². The first-order chi connectivity index (χ1) is 15.7. The Balaban J connectivity index is 1.48. The Morgan fingerprint density at radius 3 is 2.33 bits per heavy atom. The van der Waals surface area contributed by atoms with E-state index in [2.05, 4.69) is 15.6 Å². The fourth-order valence-electron chi connectivity index (χ4n) is 3.39. The van der Waals surface area contributed by atoms with Gasteiger partial charge in [0.25, 0.3) is 0 Å². The van der Waals surface area contributed by atoms with Crippen molar-refractivity contribution in [3.8, 4) is 0 Å². The van der Waals surface area contributed by atoms with E-state index in [1.807, 2.05) is 41.9 Å². The number of sulfonamides is 1. The van der Waals surface area contributed by atoms with Crippen molar-refractivity contribution in [3.05, 3.63) is 59.9 Å². The summed E-state index contributed by atoms with van der Waals surface area (Å²) in [4.78, 5) is 28.8. The predicted molar refractivity (Wildman–Crippen MR) is 126 cm³/mol. The van der Waals surface area contributed by atoms with Crippen LogP contribution < -0.4 is 10.6 Å². The molecule has 0 aliphatic heterocycles. The van der Waals surface area contributed by atoms with Gasteiger partial charge in [-0.1, -0.05) is 30.3 Å². The van der Waals surface area contributed by atoms with Gasteiger partial charge >= 0.3 is 0 Å². The molecule has 176 valence electrons. The number of hydrogen-bond donors (Lipinski definition) is 2. The first-order valence-electron chi connectivity index (χ1n) is 10.6. The second kappa shape index (κ2) is 10.6. The third-order valence-electron chi connectivity index (χ3n) is 5.28. The van der Waals surface area contributed by atoms with Gasteiger partial charge in [-0.2, -0.15) is 0 Å². The maximum atomic E-state index is 12.4. The molecule has 2 aromatic carbocycles. The summed E-state index contributed by atoms with van der Waals surface area (Å²) >= 11 is 0. The van der Waals surface area contributed by atoms with Gasteiger partial charge in [0, 0.05) is 47.1 Å². The van der Waals surface area contributed by atoms with E-state index >= 15 is 0 Å². The summed E-state index contributed by atoms with van der Waals surface area (Å²) in [5, 5.41) is 5.58. The van der Waals surface area contributed by atoms with Crippen LogP contribution in [0, 0.1) is 0 Å². The van der Waals surface area contributed by atoms with Crippen LogP contribution in [-0.4, -0.2) is 61.3 Å². The molecule has 0 fully saturated rings. The maximum Gasteiger partial charge on any atom is 0.242 e. The monoisotopic (exact) mass is 471 g/mol. The van der Waals surface area contributed by atoms with Gasteiger partial charge < -0.3 is 15.2 Å². The first-order valence-corrected chi connectivity index (χ1v) is 12.1. The minimum Gasteiger partial charge on any atom is -0.354 e. The largest absolute Gasteiger partial charge is 0.354 e. The highest BCUT2D eigenvalue weighted by atomic mass is 32.2. The lowest BCUT2D eigenvalue weighted by Gasteiger charge is -2.10. The van der Waals surface area contributed by atoms with Gasteiger partial charge in [0.15, 0.2) is 0 Å². The van der Waals surface area contributed by atoms with Gasteiger partial charge in [-0.25, -0.2) is 17.7 Å². The van der Waals surface area contributed by atoms with Crippen LogP contribution in [0.1, 0.15) is 17.8 Å². The molecular formula is C23H29N5O4S. The summed E-state index contributed by atoms with van der Waals surface area (Å²) in [7, 11) is 1.26. The number of hydrogen-bond acceptors (Lipinski definition) is 5. The SMILES string of the molecule is CN(C)S(=O)(=O)c1ccc2c(c1)nc(CCC(=O)NCCNC(=O)Cc1ccccc1)n2C. The molecular weight excluding hydrogens is 442 g/mol. The van der Waals surface area contributed by atoms with E-state index in [0.29, 0.717) is 37.3 Å². The number of aryl methyl sites for hydroxylation is 2. The van der Waals surface area contributed by atoms with Crippen LogP contribution in [0.4, 0.5) is 0 Å². The highest BCUT2D eigenvalue weighted by Crippen LogP contribution is 2.21. The van der Waals surface area contributed by atoms with Crippen molar-refractivity contribution < 1.29 is 18.0 Å². The van der Waals surface area contributed by atoms with Gasteiger partial charge in [-0.15, -0.1) is 0 Å².